The number of nitrogens with zero attached hydrogens (tertiary/aromatic N) is 1. The van der Waals surface area contributed by atoms with Crippen molar-refractivity contribution >= 4 is 23.2 Å². The van der Waals surface area contributed by atoms with Gasteiger partial charge in [-0.25, -0.2) is 0 Å². The topological polar surface area (TPSA) is 33.0 Å². The molecule has 0 heterocycles. The third-order valence-electron chi connectivity index (χ3n) is 2.37. The Hall–Kier alpha value is -1.69. The Morgan fingerprint density at radius 2 is 1.78 bits per heavy atom. The summed E-state index contributed by atoms with van der Waals surface area (Å²) in [5, 5.41) is 10.00. The number of halogens is 2. The van der Waals surface area contributed by atoms with Gasteiger partial charge in [-0.15, -0.1) is 0 Å². The summed E-state index contributed by atoms with van der Waals surface area (Å²) in [5.41, 5.74) is 1.47. The summed E-state index contributed by atoms with van der Waals surface area (Å²) in [6.07, 6.45) is 0. The number of benzene rings is 2. The van der Waals surface area contributed by atoms with Crippen LogP contribution in [0.5, 0.6) is 11.5 Å². The summed E-state index contributed by atoms with van der Waals surface area (Å²) < 4.78 is 5.63. The number of ether oxygens (including phenoxy) is 1. The van der Waals surface area contributed by atoms with Gasteiger partial charge in [0.15, 0.2) is 0 Å². The van der Waals surface area contributed by atoms with Gasteiger partial charge in [0.25, 0.3) is 0 Å². The molecule has 0 aromatic heterocycles. The Bertz CT molecular complexity index is 632. The molecule has 4 heteroatoms. The SMILES string of the molecule is Cc1ccc(Oc2ccc(Cl)cc2Cl)c(C#N)c1. The zero-order valence-corrected chi connectivity index (χ0v) is 11.1. The van der Waals surface area contributed by atoms with E-state index in [0.29, 0.717) is 27.1 Å². The molecule has 0 bridgehead atoms. The molecule has 18 heavy (non-hydrogen) atoms. The molecule has 0 fully saturated rings. The second kappa shape index (κ2) is 5.30. The number of aryl methyl sites for hydroxylation is 1. The van der Waals surface area contributed by atoms with Gasteiger partial charge in [-0.1, -0.05) is 29.3 Å². The molecule has 0 aliphatic heterocycles. The van der Waals surface area contributed by atoms with Crippen LogP contribution < -0.4 is 4.74 Å². The Labute approximate surface area is 115 Å². The largest absolute Gasteiger partial charge is 0.454 e. The van der Waals surface area contributed by atoms with E-state index in [1.54, 1.807) is 30.3 Å². The van der Waals surface area contributed by atoms with Gasteiger partial charge in [-0.2, -0.15) is 5.26 Å². The molecule has 0 N–H and O–H groups in total. The van der Waals surface area contributed by atoms with E-state index >= 15 is 0 Å². The van der Waals surface area contributed by atoms with Gasteiger partial charge in [-0.3, -0.25) is 0 Å². The van der Waals surface area contributed by atoms with Crippen LogP contribution in [0.15, 0.2) is 36.4 Å². The summed E-state index contributed by atoms with van der Waals surface area (Å²) in [5.74, 6) is 0.953. The summed E-state index contributed by atoms with van der Waals surface area (Å²) in [6.45, 7) is 1.92. The third-order valence-corrected chi connectivity index (χ3v) is 2.90. The lowest BCUT2D eigenvalue weighted by atomic mass is 10.1. The molecular weight excluding hydrogens is 269 g/mol. The van der Waals surface area contributed by atoms with Crippen molar-refractivity contribution in [2.24, 2.45) is 0 Å². The molecule has 2 aromatic rings. The fourth-order valence-electron chi connectivity index (χ4n) is 1.50. The van der Waals surface area contributed by atoms with E-state index < -0.39 is 0 Å². The Morgan fingerprint density at radius 3 is 2.44 bits per heavy atom. The number of nitriles is 1. The average Bonchev–Trinajstić information content (AvgIpc) is 2.34. The first-order valence-electron chi connectivity index (χ1n) is 5.24. The van der Waals surface area contributed by atoms with Crippen molar-refractivity contribution in [1.82, 2.24) is 0 Å². The molecule has 0 spiro atoms. The zero-order chi connectivity index (χ0) is 13.1. The zero-order valence-electron chi connectivity index (χ0n) is 9.58. The first kappa shape index (κ1) is 12.8. The molecule has 0 amide bonds. The minimum absolute atomic E-state index is 0.409. The van der Waals surface area contributed by atoms with E-state index in [4.69, 9.17) is 33.2 Å². The van der Waals surface area contributed by atoms with Crippen LogP contribution in [-0.4, -0.2) is 0 Å². The number of rotatable bonds is 2. The summed E-state index contributed by atoms with van der Waals surface area (Å²) >= 11 is 11.8. The van der Waals surface area contributed by atoms with Crippen LogP contribution in [0.3, 0.4) is 0 Å². The van der Waals surface area contributed by atoms with Gasteiger partial charge in [0.1, 0.15) is 17.6 Å². The first-order chi connectivity index (χ1) is 8.60. The molecule has 2 aromatic carbocycles. The van der Waals surface area contributed by atoms with Crippen LogP contribution >= 0.6 is 23.2 Å². The van der Waals surface area contributed by atoms with E-state index in [9.17, 15) is 0 Å². The number of hydrogen-bond donors (Lipinski definition) is 0. The molecule has 0 aliphatic rings. The van der Waals surface area contributed by atoms with Crippen molar-refractivity contribution in [3.63, 3.8) is 0 Å². The molecule has 0 aliphatic carbocycles. The van der Waals surface area contributed by atoms with Crippen molar-refractivity contribution in [2.45, 2.75) is 6.92 Å². The highest BCUT2D eigenvalue weighted by Gasteiger charge is 2.08. The van der Waals surface area contributed by atoms with E-state index in [-0.39, 0.29) is 0 Å². The smallest absolute Gasteiger partial charge is 0.146 e. The highest BCUT2D eigenvalue weighted by molar-refractivity contribution is 6.35. The second-order valence-corrected chi connectivity index (χ2v) is 4.63. The highest BCUT2D eigenvalue weighted by Crippen LogP contribution is 2.33. The minimum atomic E-state index is 0.409. The molecule has 2 nitrogen and oxygen atoms in total. The normalized spacial score (nSPS) is 9.89. The Kier molecular flexibility index (Phi) is 3.76. The van der Waals surface area contributed by atoms with Crippen molar-refractivity contribution < 1.29 is 4.74 Å². The van der Waals surface area contributed by atoms with E-state index in [1.165, 1.54) is 0 Å². The molecule has 0 saturated carbocycles. The van der Waals surface area contributed by atoms with Gasteiger partial charge in [0.2, 0.25) is 0 Å². The molecule has 0 radical (unpaired) electrons. The van der Waals surface area contributed by atoms with Crippen molar-refractivity contribution in [3.05, 3.63) is 57.6 Å². The van der Waals surface area contributed by atoms with Crippen molar-refractivity contribution in [3.8, 4) is 17.6 Å². The third kappa shape index (κ3) is 2.76. The molecule has 90 valence electrons. The van der Waals surface area contributed by atoms with Crippen LogP contribution in [0, 0.1) is 18.3 Å². The molecule has 0 saturated heterocycles. The van der Waals surface area contributed by atoms with Gasteiger partial charge in [0, 0.05) is 5.02 Å². The van der Waals surface area contributed by atoms with Crippen LogP contribution in [0.25, 0.3) is 0 Å². The Balaban J connectivity index is 2.37. The lowest BCUT2D eigenvalue weighted by Gasteiger charge is -2.09. The molecule has 0 unspecified atom stereocenters. The predicted molar refractivity (Wildman–Crippen MR) is 72.4 cm³/mol. The van der Waals surface area contributed by atoms with Gasteiger partial charge < -0.3 is 4.74 Å². The summed E-state index contributed by atoms with van der Waals surface area (Å²) in [4.78, 5) is 0. The van der Waals surface area contributed by atoms with E-state index in [1.807, 2.05) is 13.0 Å². The van der Waals surface area contributed by atoms with Crippen LogP contribution in [-0.2, 0) is 0 Å². The van der Waals surface area contributed by atoms with Crippen LogP contribution in [0.2, 0.25) is 10.0 Å². The summed E-state index contributed by atoms with van der Waals surface area (Å²) in [6, 6.07) is 12.4. The maximum Gasteiger partial charge on any atom is 0.146 e. The van der Waals surface area contributed by atoms with E-state index in [2.05, 4.69) is 6.07 Å². The lowest BCUT2D eigenvalue weighted by molar-refractivity contribution is 0.481. The van der Waals surface area contributed by atoms with Crippen LogP contribution in [0.4, 0.5) is 0 Å². The maximum absolute atomic E-state index is 9.05. The molecule has 0 atom stereocenters. The van der Waals surface area contributed by atoms with Crippen LogP contribution in [0.1, 0.15) is 11.1 Å². The fourth-order valence-corrected chi connectivity index (χ4v) is 1.94. The monoisotopic (exact) mass is 277 g/mol. The van der Waals surface area contributed by atoms with E-state index in [0.717, 1.165) is 5.56 Å². The quantitative estimate of drug-likeness (QED) is 0.777. The standard InChI is InChI=1S/C14H9Cl2NO/c1-9-2-4-13(10(6-9)8-17)18-14-5-3-11(15)7-12(14)16/h2-7H,1H3. The molecular formula is C14H9Cl2NO. The number of hydrogen-bond acceptors (Lipinski definition) is 2. The average molecular weight is 278 g/mol. The van der Waals surface area contributed by atoms with Crippen molar-refractivity contribution in [2.75, 3.05) is 0 Å². The molecule has 2 rings (SSSR count). The second-order valence-electron chi connectivity index (χ2n) is 3.79. The summed E-state index contributed by atoms with van der Waals surface area (Å²) in [7, 11) is 0. The Morgan fingerprint density at radius 1 is 1.06 bits per heavy atom. The first-order valence-corrected chi connectivity index (χ1v) is 5.99. The minimum Gasteiger partial charge on any atom is -0.454 e. The van der Waals surface area contributed by atoms with Gasteiger partial charge in [0.05, 0.1) is 10.6 Å². The lowest BCUT2D eigenvalue weighted by Crippen LogP contribution is -1.89. The fraction of sp³-hybridized carbons (Fsp3) is 0.0714. The maximum atomic E-state index is 9.05. The van der Waals surface area contributed by atoms with Gasteiger partial charge in [-0.05, 0) is 42.8 Å². The van der Waals surface area contributed by atoms with Gasteiger partial charge >= 0.3 is 0 Å². The highest BCUT2D eigenvalue weighted by atomic mass is 35.5. The van der Waals surface area contributed by atoms with Crippen molar-refractivity contribution in [1.29, 1.82) is 5.26 Å². The predicted octanol–water partition coefficient (Wildman–Crippen LogP) is 4.97.